The number of amides is 1. The first-order chi connectivity index (χ1) is 15.8. The highest BCUT2D eigenvalue weighted by molar-refractivity contribution is 7.99. The van der Waals surface area contributed by atoms with Crippen molar-refractivity contribution >= 4 is 45.0 Å². The van der Waals surface area contributed by atoms with Crippen molar-refractivity contribution in [3.8, 4) is 0 Å². The Hall–Kier alpha value is -2.91. The third-order valence-corrected chi connectivity index (χ3v) is 7.80. The van der Waals surface area contributed by atoms with E-state index >= 15 is 0 Å². The van der Waals surface area contributed by atoms with Gasteiger partial charge in [0.05, 0.1) is 23.4 Å². The average molecular weight is 482 g/mol. The molecule has 0 aliphatic rings. The molecular weight excluding hydrogens is 454 g/mol. The number of aryl methyl sites for hydroxylation is 5. The number of thioether (sulfide) groups is 1. The summed E-state index contributed by atoms with van der Waals surface area (Å²) in [5.41, 5.74) is 3.97. The molecule has 0 atom stereocenters. The smallest absolute Gasteiger partial charge is 0.263 e. The Balaban J connectivity index is 1.67. The topological polar surface area (TPSA) is 81.8 Å². The Kier molecular flexibility index (Phi) is 6.71. The molecule has 0 aliphatic heterocycles. The molecule has 0 unspecified atom stereocenters. The summed E-state index contributed by atoms with van der Waals surface area (Å²) in [5, 5.41) is 8.36. The van der Waals surface area contributed by atoms with Crippen LogP contribution >= 0.6 is 23.1 Å². The first-order valence-electron chi connectivity index (χ1n) is 10.8. The lowest BCUT2D eigenvalue weighted by atomic mass is 10.1. The summed E-state index contributed by atoms with van der Waals surface area (Å²) < 4.78 is 3.33. The maximum atomic E-state index is 13.6. The summed E-state index contributed by atoms with van der Waals surface area (Å²) >= 11 is 2.84. The predicted octanol–water partition coefficient (Wildman–Crippen LogP) is 4.46. The van der Waals surface area contributed by atoms with E-state index in [9.17, 15) is 9.59 Å². The van der Waals surface area contributed by atoms with Crippen molar-refractivity contribution < 1.29 is 4.79 Å². The molecule has 1 amide bonds. The second-order valence-corrected chi connectivity index (χ2v) is 10.1. The molecule has 1 aromatic carbocycles. The SMILES string of the molecule is CCc1sc2nc(SCC(=O)Nc3cc(C)nn3C)n(Cc3ccc(C)cc3)c(=O)c2c1C. The van der Waals surface area contributed by atoms with E-state index in [4.69, 9.17) is 4.98 Å². The van der Waals surface area contributed by atoms with Gasteiger partial charge in [0.2, 0.25) is 5.91 Å². The largest absolute Gasteiger partial charge is 0.310 e. The number of carbonyl (C=O) groups excluding carboxylic acids is 1. The van der Waals surface area contributed by atoms with Gasteiger partial charge in [0, 0.05) is 18.0 Å². The van der Waals surface area contributed by atoms with Crippen LogP contribution < -0.4 is 10.9 Å². The summed E-state index contributed by atoms with van der Waals surface area (Å²) in [7, 11) is 1.79. The summed E-state index contributed by atoms with van der Waals surface area (Å²) in [6, 6.07) is 9.94. The molecule has 3 heterocycles. The fourth-order valence-corrected chi connectivity index (χ4v) is 5.70. The number of nitrogens with one attached hydrogen (secondary N) is 1. The Morgan fingerprint density at radius 3 is 2.55 bits per heavy atom. The van der Waals surface area contributed by atoms with Gasteiger partial charge in [0.25, 0.3) is 5.56 Å². The van der Waals surface area contributed by atoms with E-state index in [1.165, 1.54) is 16.6 Å². The number of rotatable bonds is 7. The molecule has 0 radical (unpaired) electrons. The average Bonchev–Trinajstić information content (AvgIpc) is 3.27. The molecule has 1 N–H and O–H groups in total. The molecule has 0 bridgehead atoms. The summed E-state index contributed by atoms with van der Waals surface area (Å²) in [5.74, 6) is 0.608. The van der Waals surface area contributed by atoms with Gasteiger partial charge in [-0.05, 0) is 38.3 Å². The maximum Gasteiger partial charge on any atom is 0.263 e. The fourth-order valence-electron chi connectivity index (χ4n) is 3.74. The van der Waals surface area contributed by atoms with E-state index in [0.717, 1.165) is 33.6 Å². The van der Waals surface area contributed by atoms with Crippen molar-refractivity contribution in [2.75, 3.05) is 11.1 Å². The summed E-state index contributed by atoms with van der Waals surface area (Å²) in [6.07, 6.45) is 0.860. The molecule has 33 heavy (non-hydrogen) atoms. The van der Waals surface area contributed by atoms with E-state index in [1.807, 2.05) is 51.1 Å². The number of thiophene rings is 1. The van der Waals surface area contributed by atoms with Crippen molar-refractivity contribution in [1.29, 1.82) is 0 Å². The highest BCUT2D eigenvalue weighted by Gasteiger charge is 2.19. The van der Waals surface area contributed by atoms with Gasteiger partial charge < -0.3 is 5.32 Å². The lowest BCUT2D eigenvalue weighted by Crippen LogP contribution is -2.25. The number of aromatic nitrogens is 4. The number of fused-ring (bicyclic) bond motifs is 1. The zero-order valence-corrected chi connectivity index (χ0v) is 21.1. The van der Waals surface area contributed by atoms with Gasteiger partial charge in [0.1, 0.15) is 10.6 Å². The van der Waals surface area contributed by atoms with E-state index < -0.39 is 0 Å². The molecule has 7 nitrogen and oxygen atoms in total. The highest BCUT2D eigenvalue weighted by Crippen LogP contribution is 2.30. The monoisotopic (exact) mass is 481 g/mol. The van der Waals surface area contributed by atoms with E-state index in [0.29, 0.717) is 22.9 Å². The van der Waals surface area contributed by atoms with Crippen LogP contribution in [0.25, 0.3) is 10.2 Å². The van der Waals surface area contributed by atoms with Crippen LogP contribution in [0.3, 0.4) is 0 Å². The Labute approximate surface area is 200 Å². The summed E-state index contributed by atoms with van der Waals surface area (Å²) in [4.78, 5) is 32.9. The quantitative estimate of drug-likeness (QED) is 0.311. The fraction of sp³-hybridized carbons (Fsp3) is 0.333. The third kappa shape index (κ3) is 4.89. The highest BCUT2D eigenvalue weighted by atomic mass is 32.2. The number of hydrogen-bond acceptors (Lipinski definition) is 6. The normalized spacial score (nSPS) is 11.3. The zero-order chi connectivity index (χ0) is 23.7. The molecule has 0 spiro atoms. The molecule has 0 fully saturated rings. The standard InChI is InChI=1S/C24H27N5O2S2/c1-6-18-16(4)21-22(33-18)26-24(29(23(21)31)12-17-9-7-14(2)8-10-17)32-13-20(30)25-19-11-15(3)27-28(19)5/h7-11H,6,12-13H2,1-5H3,(H,25,30). The minimum atomic E-state index is -0.171. The number of nitrogens with zero attached hydrogens (tertiary/aromatic N) is 4. The van der Waals surface area contributed by atoms with Gasteiger partial charge >= 0.3 is 0 Å². The molecular formula is C24H27N5O2S2. The van der Waals surface area contributed by atoms with Crippen molar-refractivity contribution in [2.24, 2.45) is 7.05 Å². The van der Waals surface area contributed by atoms with Crippen LogP contribution in [0.1, 0.15) is 34.2 Å². The molecule has 4 aromatic rings. The lowest BCUT2D eigenvalue weighted by Gasteiger charge is -2.13. The zero-order valence-electron chi connectivity index (χ0n) is 19.4. The minimum Gasteiger partial charge on any atom is -0.310 e. The van der Waals surface area contributed by atoms with Gasteiger partial charge in [-0.25, -0.2) is 4.98 Å². The van der Waals surface area contributed by atoms with Crippen LogP contribution in [-0.2, 0) is 24.8 Å². The van der Waals surface area contributed by atoms with E-state index in [-0.39, 0.29) is 17.2 Å². The van der Waals surface area contributed by atoms with Crippen LogP contribution in [0.2, 0.25) is 0 Å². The Morgan fingerprint density at radius 2 is 1.91 bits per heavy atom. The van der Waals surface area contributed by atoms with Gasteiger partial charge in [-0.1, -0.05) is 48.5 Å². The molecule has 9 heteroatoms. The van der Waals surface area contributed by atoms with Crippen LogP contribution in [-0.4, -0.2) is 31.0 Å². The van der Waals surface area contributed by atoms with Crippen molar-refractivity contribution in [3.05, 3.63) is 67.9 Å². The number of anilines is 1. The molecule has 172 valence electrons. The second kappa shape index (κ2) is 9.52. The van der Waals surface area contributed by atoms with Crippen molar-refractivity contribution in [1.82, 2.24) is 19.3 Å². The van der Waals surface area contributed by atoms with Crippen LogP contribution in [0.15, 0.2) is 40.3 Å². The Morgan fingerprint density at radius 1 is 1.18 bits per heavy atom. The molecule has 0 saturated heterocycles. The lowest BCUT2D eigenvalue weighted by molar-refractivity contribution is -0.113. The first kappa shape index (κ1) is 23.3. The van der Waals surface area contributed by atoms with Crippen LogP contribution in [0.4, 0.5) is 5.82 Å². The molecule has 0 aliphatic carbocycles. The maximum absolute atomic E-state index is 13.6. The molecule has 4 rings (SSSR count). The summed E-state index contributed by atoms with van der Waals surface area (Å²) in [6.45, 7) is 8.40. The molecule has 0 saturated carbocycles. The van der Waals surface area contributed by atoms with Crippen LogP contribution in [0, 0.1) is 20.8 Å². The van der Waals surface area contributed by atoms with Crippen molar-refractivity contribution in [2.45, 2.75) is 45.8 Å². The van der Waals surface area contributed by atoms with E-state index in [1.54, 1.807) is 27.6 Å². The van der Waals surface area contributed by atoms with Gasteiger partial charge in [0.15, 0.2) is 5.16 Å². The van der Waals surface area contributed by atoms with Gasteiger partial charge in [-0.3, -0.25) is 18.8 Å². The Bertz CT molecular complexity index is 1380. The number of hydrogen-bond donors (Lipinski definition) is 1. The number of benzene rings is 1. The van der Waals surface area contributed by atoms with Crippen molar-refractivity contribution in [3.63, 3.8) is 0 Å². The van der Waals surface area contributed by atoms with E-state index in [2.05, 4.69) is 17.3 Å². The third-order valence-electron chi connectivity index (χ3n) is 5.50. The number of carbonyl (C=O) groups is 1. The molecule has 3 aromatic heterocycles. The predicted molar refractivity (Wildman–Crippen MR) is 136 cm³/mol. The van der Waals surface area contributed by atoms with Gasteiger partial charge in [-0.15, -0.1) is 11.3 Å². The first-order valence-corrected chi connectivity index (χ1v) is 12.6. The van der Waals surface area contributed by atoms with Crippen LogP contribution in [0.5, 0.6) is 0 Å². The second-order valence-electron chi connectivity index (χ2n) is 8.09. The van der Waals surface area contributed by atoms with Gasteiger partial charge in [-0.2, -0.15) is 5.10 Å². The minimum absolute atomic E-state index is 0.0563.